The standard InChI is InChI=1S/C19H31N5O2S/c1-16-14-18(21-19(20-16)24-6-2-3-7-24)23-10-8-22(9-11-23)15-17-4-12-27(25,26)13-5-17/h14,17H,2-13,15H2,1H3. The molecule has 0 saturated carbocycles. The van der Waals surface area contributed by atoms with Crippen LogP contribution in [0.15, 0.2) is 6.07 Å². The van der Waals surface area contributed by atoms with Crippen molar-refractivity contribution in [2.24, 2.45) is 5.92 Å². The van der Waals surface area contributed by atoms with Crippen molar-refractivity contribution in [2.45, 2.75) is 32.6 Å². The average molecular weight is 394 g/mol. The van der Waals surface area contributed by atoms with Crippen molar-refractivity contribution in [3.8, 4) is 0 Å². The highest BCUT2D eigenvalue weighted by Gasteiger charge is 2.27. The largest absolute Gasteiger partial charge is 0.354 e. The first-order valence-corrected chi connectivity index (χ1v) is 12.1. The molecule has 0 atom stereocenters. The lowest BCUT2D eigenvalue weighted by molar-refractivity contribution is 0.211. The van der Waals surface area contributed by atoms with Crippen LogP contribution in [0.5, 0.6) is 0 Å². The number of aromatic nitrogens is 2. The van der Waals surface area contributed by atoms with Gasteiger partial charge in [0.05, 0.1) is 11.5 Å². The third kappa shape index (κ3) is 4.71. The Bertz CT molecular complexity index is 741. The van der Waals surface area contributed by atoms with E-state index in [1.54, 1.807) is 0 Å². The molecular formula is C19H31N5O2S. The summed E-state index contributed by atoms with van der Waals surface area (Å²) in [4.78, 5) is 16.7. The fourth-order valence-electron chi connectivity index (χ4n) is 4.40. The van der Waals surface area contributed by atoms with Crippen LogP contribution < -0.4 is 9.80 Å². The average Bonchev–Trinajstić information content (AvgIpc) is 3.18. The molecule has 3 fully saturated rings. The lowest BCUT2D eigenvalue weighted by Crippen LogP contribution is -2.48. The maximum absolute atomic E-state index is 11.6. The van der Waals surface area contributed by atoms with E-state index >= 15 is 0 Å². The van der Waals surface area contributed by atoms with Gasteiger partial charge in [-0.15, -0.1) is 0 Å². The summed E-state index contributed by atoms with van der Waals surface area (Å²) < 4.78 is 23.2. The SMILES string of the molecule is Cc1cc(N2CCN(CC3CCS(=O)(=O)CC3)CC2)nc(N2CCCC2)n1. The lowest BCUT2D eigenvalue weighted by atomic mass is 10.0. The molecule has 3 aliphatic heterocycles. The normalized spacial score (nSPS) is 24.5. The van der Waals surface area contributed by atoms with E-state index in [0.717, 1.165) is 76.1 Å². The van der Waals surface area contributed by atoms with E-state index in [2.05, 4.69) is 32.7 Å². The summed E-state index contributed by atoms with van der Waals surface area (Å²) in [5.41, 5.74) is 1.03. The third-order valence-electron chi connectivity index (χ3n) is 6.10. The number of aryl methyl sites for hydroxylation is 1. The minimum atomic E-state index is -2.76. The van der Waals surface area contributed by atoms with E-state index in [1.165, 1.54) is 12.8 Å². The minimum absolute atomic E-state index is 0.372. The van der Waals surface area contributed by atoms with Crippen molar-refractivity contribution in [3.05, 3.63) is 11.8 Å². The van der Waals surface area contributed by atoms with Crippen LogP contribution in [-0.2, 0) is 9.84 Å². The highest BCUT2D eigenvalue weighted by atomic mass is 32.2. The zero-order valence-corrected chi connectivity index (χ0v) is 17.1. The number of anilines is 2. The van der Waals surface area contributed by atoms with Crippen LogP contribution in [0.2, 0.25) is 0 Å². The Balaban J connectivity index is 1.32. The van der Waals surface area contributed by atoms with Crippen LogP contribution in [0.25, 0.3) is 0 Å². The molecule has 0 unspecified atom stereocenters. The highest BCUT2D eigenvalue weighted by molar-refractivity contribution is 7.91. The van der Waals surface area contributed by atoms with Crippen LogP contribution in [0.4, 0.5) is 11.8 Å². The summed E-state index contributed by atoms with van der Waals surface area (Å²) in [5.74, 6) is 3.21. The summed E-state index contributed by atoms with van der Waals surface area (Å²) >= 11 is 0. The zero-order chi connectivity index (χ0) is 18.9. The molecule has 3 saturated heterocycles. The molecule has 0 bridgehead atoms. The van der Waals surface area contributed by atoms with Crippen molar-refractivity contribution in [1.82, 2.24) is 14.9 Å². The van der Waals surface area contributed by atoms with Gasteiger partial charge in [-0.3, -0.25) is 4.90 Å². The molecule has 4 heterocycles. The Morgan fingerprint density at radius 2 is 1.63 bits per heavy atom. The molecule has 3 aliphatic rings. The molecule has 0 N–H and O–H groups in total. The van der Waals surface area contributed by atoms with Gasteiger partial charge in [0.1, 0.15) is 15.7 Å². The quantitative estimate of drug-likeness (QED) is 0.764. The second kappa shape index (κ2) is 7.91. The number of hydrogen-bond acceptors (Lipinski definition) is 7. The molecule has 0 amide bonds. The topological polar surface area (TPSA) is 69.6 Å². The first-order valence-electron chi connectivity index (χ1n) is 10.3. The van der Waals surface area contributed by atoms with Gasteiger partial charge < -0.3 is 9.80 Å². The minimum Gasteiger partial charge on any atom is -0.354 e. The molecule has 150 valence electrons. The van der Waals surface area contributed by atoms with Crippen molar-refractivity contribution < 1.29 is 8.42 Å². The van der Waals surface area contributed by atoms with Crippen LogP contribution in [0.3, 0.4) is 0 Å². The number of piperazine rings is 1. The lowest BCUT2D eigenvalue weighted by Gasteiger charge is -2.38. The number of rotatable bonds is 4. The first kappa shape index (κ1) is 18.9. The monoisotopic (exact) mass is 393 g/mol. The van der Waals surface area contributed by atoms with Gasteiger partial charge >= 0.3 is 0 Å². The Hall–Kier alpha value is -1.41. The van der Waals surface area contributed by atoms with Gasteiger partial charge in [0, 0.05) is 57.6 Å². The van der Waals surface area contributed by atoms with Gasteiger partial charge in [-0.25, -0.2) is 13.4 Å². The van der Waals surface area contributed by atoms with Crippen LogP contribution in [0, 0.1) is 12.8 Å². The van der Waals surface area contributed by atoms with E-state index < -0.39 is 9.84 Å². The molecule has 8 heteroatoms. The molecule has 1 aromatic heterocycles. The van der Waals surface area contributed by atoms with E-state index in [9.17, 15) is 8.42 Å². The van der Waals surface area contributed by atoms with Crippen molar-refractivity contribution in [3.63, 3.8) is 0 Å². The van der Waals surface area contributed by atoms with Crippen molar-refractivity contribution in [2.75, 3.05) is 67.1 Å². The van der Waals surface area contributed by atoms with Crippen molar-refractivity contribution >= 4 is 21.6 Å². The molecule has 27 heavy (non-hydrogen) atoms. The predicted octanol–water partition coefficient (Wildman–Crippen LogP) is 1.33. The van der Waals surface area contributed by atoms with Gasteiger partial charge in [0.25, 0.3) is 0 Å². The van der Waals surface area contributed by atoms with Gasteiger partial charge in [0.2, 0.25) is 5.95 Å². The van der Waals surface area contributed by atoms with Gasteiger partial charge in [-0.2, -0.15) is 4.98 Å². The van der Waals surface area contributed by atoms with Gasteiger partial charge in [-0.05, 0) is 38.5 Å². The van der Waals surface area contributed by atoms with Crippen LogP contribution >= 0.6 is 0 Å². The Labute approximate surface area is 162 Å². The summed E-state index contributed by atoms with van der Waals surface area (Å²) in [7, 11) is -2.76. The highest BCUT2D eigenvalue weighted by Crippen LogP contribution is 2.23. The number of hydrogen-bond donors (Lipinski definition) is 0. The summed E-state index contributed by atoms with van der Waals surface area (Å²) in [6.45, 7) is 9.20. The summed E-state index contributed by atoms with van der Waals surface area (Å²) in [6.07, 6.45) is 4.11. The Morgan fingerprint density at radius 3 is 2.30 bits per heavy atom. The van der Waals surface area contributed by atoms with E-state index in [-0.39, 0.29) is 0 Å². The Morgan fingerprint density at radius 1 is 0.963 bits per heavy atom. The Kier molecular flexibility index (Phi) is 5.55. The maximum Gasteiger partial charge on any atom is 0.227 e. The molecule has 0 aliphatic carbocycles. The molecule has 7 nitrogen and oxygen atoms in total. The molecule has 0 spiro atoms. The second-order valence-electron chi connectivity index (χ2n) is 8.24. The van der Waals surface area contributed by atoms with Gasteiger partial charge in [-0.1, -0.05) is 0 Å². The maximum atomic E-state index is 11.6. The summed E-state index contributed by atoms with van der Waals surface area (Å²) in [6, 6.07) is 2.10. The van der Waals surface area contributed by atoms with Crippen LogP contribution in [-0.4, -0.2) is 80.6 Å². The van der Waals surface area contributed by atoms with E-state index in [4.69, 9.17) is 4.98 Å². The second-order valence-corrected chi connectivity index (χ2v) is 10.5. The molecule has 1 aromatic rings. The molecule has 0 radical (unpaired) electrons. The van der Waals surface area contributed by atoms with Gasteiger partial charge in [0.15, 0.2) is 0 Å². The van der Waals surface area contributed by atoms with Crippen molar-refractivity contribution in [1.29, 1.82) is 0 Å². The zero-order valence-electron chi connectivity index (χ0n) is 16.3. The molecule has 4 rings (SSSR count). The first-order chi connectivity index (χ1) is 13.0. The summed E-state index contributed by atoms with van der Waals surface area (Å²) in [5, 5.41) is 0. The molecule has 0 aromatic carbocycles. The fraction of sp³-hybridized carbons (Fsp3) is 0.789. The van der Waals surface area contributed by atoms with E-state index in [0.29, 0.717) is 17.4 Å². The fourth-order valence-corrected chi connectivity index (χ4v) is 5.99. The predicted molar refractivity (Wildman–Crippen MR) is 108 cm³/mol. The van der Waals surface area contributed by atoms with Crippen LogP contribution in [0.1, 0.15) is 31.4 Å². The number of sulfone groups is 1. The number of nitrogens with zero attached hydrogens (tertiary/aromatic N) is 5. The van der Waals surface area contributed by atoms with E-state index in [1.807, 2.05) is 0 Å². The smallest absolute Gasteiger partial charge is 0.227 e. The third-order valence-corrected chi connectivity index (χ3v) is 7.82. The molecular weight excluding hydrogens is 362 g/mol.